The molecule has 128 valence electrons. The van der Waals surface area contributed by atoms with Gasteiger partial charge in [-0.05, 0) is 24.3 Å². The number of carbonyl (C=O) groups is 1. The maximum atomic E-state index is 13.7. The molecule has 0 atom stereocenters. The first-order valence-corrected chi connectivity index (χ1v) is 8.06. The fourth-order valence-corrected chi connectivity index (χ4v) is 2.59. The smallest absolute Gasteiger partial charge is 0.234 e. The third kappa shape index (κ3) is 4.18. The number of H-pyrrole nitrogens is 1. The highest BCUT2D eigenvalue weighted by atomic mass is 32.2. The molecule has 0 saturated heterocycles. The Hall–Kier alpha value is -2.81. The van der Waals surface area contributed by atoms with E-state index in [1.807, 2.05) is 0 Å². The molecular formula is C16H11F3N4OS. The predicted molar refractivity (Wildman–Crippen MR) is 87.5 cm³/mol. The van der Waals surface area contributed by atoms with Crippen LogP contribution in [0.1, 0.15) is 0 Å². The molecule has 0 saturated carbocycles. The van der Waals surface area contributed by atoms with Gasteiger partial charge in [0.2, 0.25) is 11.1 Å². The van der Waals surface area contributed by atoms with Gasteiger partial charge in [0, 0.05) is 6.07 Å². The molecule has 25 heavy (non-hydrogen) atoms. The number of aromatic amines is 1. The van der Waals surface area contributed by atoms with Crippen LogP contribution >= 0.6 is 11.8 Å². The number of aromatic nitrogens is 3. The van der Waals surface area contributed by atoms with E-state index in [0.29, 0.717) is 6.07 Å². The van der Waals surface area contributed by atoms with Crippen LogP contribution in [0.2, 0.25) is 0 Å². The van der Waals surface area contributed by atoms with Crippen LogP contribution < -0.4 is 5.32 Å². The minimum absolute atomic E-state index is 0.0919. The molecular weight excluding hydrogens is 353 g/mol. The van der Waals surface area contributed by atoms with Crippen molar-refractivity contribution in [2.75, 3.05) is 11.1 Å². The fourth-order valence-electron chi connectivity index (χ4n) is 1.99. The molecule has 3 rings (SSSR count). The molecule has 0 aliphatic rings. The summed E-state index contributed by atoms with van der Waals surface area (Å²) in [5, 5.41) is 9.07. The molecule has 5 nitrogen and oxygen atoms in total. The molecule has 0 unspecified atom stereocenters. The highest BCUT2D eigenvalue weighted by Gasteiger charge is 2.13. The number of thioether (sulfide) groups is 1. The average molecular weight is 364 g/mol. The van der Waals surface area contributed by atoms with Crippen LogP contribution in [0.4, 0.5) is 18.9 Å². The van der Waals surface area contributed by atoms with Gasteiger partial charge in [-0.1, -0.05) is 23.9 Å². The maximum absolute atomic E-state index is 13.7. The molecule has 0 fully saturated rings. The van der Waals surface area contributed by atoms with Crippen molar-refractivity contribution in [1.29, 1.82) is 0 Å². The Kier molecular flexibility index (Phi) is 5.03. The summed E-state index contributed by atoms with van der Waals surface area (Å²) in [6.45, 7) is 0. The minimum Gasteiger partial charge on any atom is -0.323 e. The van der Waals surface area contributed by atoms with Crippen molar-refractivity contribution >= 4 is 23.4 Å². The Morgan fingerprint density at radius 1 is 1.12 bits per heavy atom. The van der Waals surface area contributed by atoms with Gasteiger partial charge >= 0.3 is 0 Å². The summed E-state index contributed by atoms with van der Waals surface area (Å²) in [6.07, 6.45) is 0. The lowest BCUT2D eigenvalue weighted by Gasteiger charge is -2.05. The molecule has 0 spiro atoms. The normalized spacial score (nSPS) is 10.7. The second-order valence-electron chi connectivity index (χ2n) is 4.91. The summed E-state index contributed by atoms with van der Waals surface area (Å²) in [4.78, 5) is 15.9. The van der Waals surface area contributed by atoms with Gasteiger partial charge in [0.1, 0.15) is 17.5 Å². The Labute approximate surface area is 144 Å². The minimum atomic E-state index is -0.863. The zero-order chi connectivity index (χ0) is 17.8. The zero-order valence-electron chi connectivity index (χ0n) is 12.6. The molecule has 1 heterocycles. The number of hydrogen-bond donors (Lipinski definition) is 2. The first-order chi connectivity index (χ1) is 12.0. The molecule has 2 aromatic carbocycles. The quantitative estimate of drug-likeness (QED) is 0.679. The number of anilines is 1. The van der Waals surface area contributed by atoms with Crippen molar-refractivity contribution in [3.05, 3.63) is 59.9 Å². The lowest BCUT2D eigenvalue weighted by atomic mass is 10.2. The van der Waals surface area contributed by atoms with E-state index in [2.05, 4.69) is 20.5 Å². The number of nitrogens with zero attached hydrogens (tertiary/aromatic N) is 2. The Morgan fingerprint density at radius 3 is 2.68 bits per heavy atom. The van der Waals surface area contributed by atoms with E-state index in [1.54, 1.807) is 18.2 Å². The van der Waals surface area contributed by atoms with Crippen molar-refractivity contribution < 1.29 is 18.0 Å². The molecule has 1 amide bonds. The Morgan fingerprint density at radius 2 is 1.92 bits per heavy atom. The number of amides is 1. The van der Waals surface area contributed by atoms with Gasteiger partial charge in [-0.2, -0.15) is 0 Å². The number of nitrogens with one attached hydrogen (secondary N) is 2. The van der Waals surface area contributed by atoms with E-state index < -0.39 is 23.4 Å². The van der Waals surface area contributed by atoms with E-state index in [9.17, 15) is 18.0 Å². The van der Waals surface area contributed by atoms with Gasteiger partial charge in [0.05, 0.1) is 17.0 Å². The third-order valence-electron chi connectivity index (χ3n) is 3.13. The van der Waals surface area contributed by atoms with E-state index in [1.165, 1.54) is 6.07 Å². The summed E-state index contributed by atoms with van der Waals surface area (Å²) in [6, 6.07) is 8.93. The van der Waals surface area contributed by atoms with Crippen LogP contribution in [0.15, 0.2) is 47.6 Å². The second-order valence-corrected chi connectivity index (χ2v) is 5.85. The zero-order valence-corrected chi connectivity index (χ0v) is 13.4. The van der Waals surface area contributed by atoms with Crippen molar-refractivity contribution in [2.24, 2.45) is 0 Å². The lowest BCUT2D eigenvalue weighted by Crippen LogP contribution is -2.15. The maximum Gasteiger partial charge on any atom is 0.234 e. The Bertz CT molecular complexity index is 916. The standard InChI is InChI=1S/C16H11F3N4OS/c17-9-5-6-13(12(19)7-9)20-14(24)8-25-16-21-15(22-23-16)10-3-1-2-4-11(10)18/h1-7H,8H2,(H,20,24)(H,21,22,23). The van der Waals surface area contributed by atoms with Gasteiger partial charge in [-0.25, -0.2) is 18.2 Å². The predicted octanol–water partition coefficient (Wildman–Crippen LogP) is 3.62. The summed E-state index contributed by atoms with van der Waals surface area (Å²) in [7, 11) is 0. The van der Waals surface area contributed by atoms with Gasteiger partial charge < -0.3 is 5.32 Å². The molecule has 0 aliphatic heterocycles. The highest BCUT2D eigenvalue weighted by molar-refractivity contribution is 7.99. The van der Waals surface area contributed by atoms with Crippen molar-refractivity contribution in [2.45, 2.75) is 5.16 Å². The van der Waals surface area contributed by atoms with Crippen molar-refractivity contribution in [3.63, 3.8) is 0 Å². The highest BCUT2D eigenvalue weighted by Crippen LogP contribution is 2.22. The molecule has 0 bridgehead atoms. The summed E-state index contributed by atoms with van der Waals surface area (Å²) >= 11 is 0.994. The van der Waals surface area contributed by atoms with Crippen molar-refractivity contribution in [1.82, 2.24) is 15.2 Å². The number of benzene rings is 2. The molecule has 9 heteroatoms. The number of carbonyl (C=O) groups excluding carboxylic acids is 1. The second kappa shape index (κ2) is 7.39. The summed E-state index contributed by atoms with van der Waals surface area (Å²) < 4.78 is 40.0. The molecule has 0 aliphatic carbocycles. The number of halogens is 3. The molecule has 0 radical (unpaired) electrons. The van der Waals surface area contributed by atoms with Crippen LogP contribution in [0.5, 0.6) is 0 Å². The average Bonchev–Trinajstić information content (AvgIpc) is 3.05. The lowest BCUT2D eigenvalue weighted by molar-refractivity contribution is -0.113. The van der Waals surface area contributed by atoms with E-state index in [-0.39, 0.29) is 28.0 Å². The van der Waals surface area contributed by atoms with Gasteiger partial charge in [-0.3, -0.25) is 9.89 Å². The van der Waals surface area contributed by atoms with Crippen LogP contribution in [-0.2, 0) is 4.79 Å². The van der Waals surface area contributed by atoms with Crippen LogP contribution in [0.25, 0.3) is 11.4 Å². The summed E-state index contributed by atoms with van der Waals surface area (Å²) in [5.41, 5.74) is 0.147. The third-order valence-corrected chi connectivity index (χ3v) is 3.98. The largest absolute Gasteiger partial charge is 0.323 e. The first kappa shape index (κ1) is 17.0. The SMILES string of the molecule is O=C(CSc1n[nH]c(-c2ccccc2F)n1)Nc1ccc(F)cc1F. The van der Waals surface area contributed by atoms with Crippen molar-refractivity contribution in [3.8, 4) is 11.4 Å². The van der Waals surface area contributed by atoms with E-state index >= 15 is 0 Å². The monoisotopic (exact) mass is 364 g/mol. The first-order valence-electron chi connectivity index (χ1n) is 7.08. The number of hydrogen-bond acceptors (Lipinski definition) is 4. The fraction of sp³-hybridized carbons (Fsp3) is 0.0625. The molecule has 1 aromatic heterocycles. The van der Waals surface area contributed by atoms with Crippen LogP contribution in [-0.4, -0.2) is 26.8 Å². The van der Waals surface area contributed by atoms with Crippen LogP contribution in [0.3, 0.4) is 0 Å². The number of rotatable bonds is 5. The van der Waals surface area contributed by atoms with Crippen LogP contribution in [0, 0.1) is 17.5 Å². The molecule has 2 N–H and O–H groups in total. The molecule has 3 aromatic rings. The van der Waals surface area contributed by atoms with Gasteiger partial charge in [-0.15, -0.1) is 5.10 Å². The Balaban J connectivity index is 1.60. The van der Waals surface area contributed by atoms with Gasteiger partial charge in [0.15, 0.2) is 5.82 Å². The van der Waals surface area contributed by atoms with Gasteiger partial charge in [0.25, 0.3) is 0 Å². The summed E-state index contributed by atoms with van der Waals surface area (Å²) in [5.74, 6) is -2.40. The topological polar surface area (TPSA) is 70.7 Å². The van der Waals surface area contributed by atoms with E-state index in [4.69, 9.17) is 0 Å². The van der Waals surface area contributed by atoms with E-state index in [0.717, 1.165) is 23.9 Å².